The van der Waals surface area contributed by atoms with Crippen molar-refractivity contribution < 1.29 is 24.3 Å². The average molecular weight is 387 g/mol. The first-order chi connectivity index (χ1) is 12.6. The Balaban J connectivity index is 5.06. The van der Waals surface area contributed by atoms with Gasteiger partial charge in [0.15, 0.2) is 0 Å². The van der Waals surface area contributed by atoms with Crippen LogP contribution in [0.3, 0.4) is 0 Å². The summed E-state index contributed by atoms with van der Waals surface area (Å²) in [6.07, 6.45) is 1.91. The van der Waals surface area contributed by atoms with Crippen molar-refractivity contribution in [1.82, 2.24) is 10.6 Å². The fraction of sp³-hybridized carbons (Fsp3) is 0.765. The van der Waals surface area contributed by atoms with E-state index >= 15 is 0 Å². The molecule has 0 aromatic carbocycles. The molecule has 0 spiro atoms. The Morgan fingerprint density at radius 3 is 2.07 bits per heavy atom. The number of carbonyl (C=O) groups excluding carboxylic acids is 3. The van der Waals surface area contributed by atoms with Crippen LogP contribution in [0.5, 0.6) is 0 Å². The summed E-state index contributed by atoms with van der Waals surface area (Å²) >= 11 is 0. The molecule has 0 aromatic heterocycles. The van der Waals surface area contributed by atoms with Crippen LogP contribution in [0.4, 0.5) is 0 Å². The molecule has 4 atom stereocenters. The van der Waals surface area contributed by atoms with Crippen LogP contribution in [0.15, 0.2) is 0 Å². The molecule has 0 aliphatic carbocycles. The maximum absolute atomic E-state index is 12.5. The van der Waals surface area contributed by atoms with Gasteiger partial charge in [-0.05, 0) is 38.1 Å². The van der Waals surface area contributed by atoms with Gasteiger partial charge in [0.1, 0.15) is 12.1 Å². The maximum Gasteiger partial charge on any atom is 0.326 e. The lowest BCUT2D eigenvalue weighted by atomic mass is 9.98. The molecule has 3 amide bonds. The lowest BCUT2D eigenvalue weighted by Crippen LogP contribution is -2.55. The van der Waals surface area contributed by atoms with E-state index in [1.54, 1.807) is 0 Å². The molecule has 0 heterocycles. The van der Waals surface area contributed by atoms with Gasteiger partial charge in [0.25, 0.3) is 0 Å². The first kappa shape index (κ1) is 24.8. The fourth-order valence-electron chi connectivity index (χ4n) is 2.36. The predicted molar refractivity (Wildman–Crippen MR) is 100 cm³/mol. The third-order valence-electron chi connectivity index (χ3n) is 4.43. The first-order valence-electron chi connectivity index (χ1n) is 9.21. The standard InChI is InChI=1S/C17H33N5O5/c1-3-10(2)14(20)16(25)21-11(6-4-5-9-18)15(24)22-12(17(26)27)7-8-13(19)23/h10-12,14H,3-9,18,20H2,1-2H3,(H2,19,23)(H,21,25)(H,22,24)(H,26,27)/t10-,11-,12-,14-/m0/s1. The minimum Gasteiger partial charge on any atom is -0.480 e. The summed E-state index contributed by atoms with van der Waals surface area (Å²) in [7, 11) is 0. The van der Waals surface area contributed by atoms with Crippen LogP contribution < -0.4 is 27.8 Å². The molecule has 27 heavy (non-hydrogen) atoms. The number of hydrogen-bond donors (Lipinski definition) is 6. The molecular formula is C17H33N5O5. The largest absolute Gasteiger partial charge is 0.480 e. The Bertz CT molecular complexity index is 514. The van der Waals surface area contributed by atoms with E-state index in [1.807, 2.05) is 13.8 Å². The van der Waals surface area contributed by atoms with Gasteiger partial charge in [-0.1, -0.05) is 20.3 Å². The van der Waals surface area contributed by atoms with Gasteiger partial charge in [-0.25, -0.2) is 4.79 Å². The van der Waals surface area contributed by atoms with Crippen LogP contribution in [0.25, 0.3) is 0 Å². The van der Waals surface area contributed by atoms with Crippen molar-refractivity contribution in [2.45, 2.75) is 70.5 Å². The SMILES string of the molecule is CC[C@H](C)[C@H](N)C(=O)N[C@@H](CCCCN)C(=O)N[C@@H](CCC(N)=O)C(=O)O. The van der Waals surface area contributed by atoms with E-state index in [9.17, 15) is 24.3 Å². The number of primary amides is 1. The topological polar surface area (TPSA) is 191 Å². The zero-order valence-electron chi connectivity index (χ0n) is 16.1. The van der Waals surface area contributed by atoms with E-state index < -0.39 is 41.8 Å². The molecule has 0 saturated carbocycles. The number of hydrogen-bond acceptors (Lipinski definition) is 6. The second-order valence-corrected chi connectivity index (χ2v) is 6.66. The molecule has 0 saturated heterocycles. The van der Waals surface area contributed by atoms with Crippen molar-refractivity contribution in [3.05, 3.63) is 0 Å². The van der Waals surface area contributed by atoms with Gasteiger partial charge in [0.2, 0.25) is 17.7 Å². The smallest absolute Gasteiger partial charge is 0.326 e. The van der Waals surface area contributed by atoms with Crippen LogP contribution in [0, 0.1) is 5.92 Å². The van der Waals surface area contributed by atoms with E-state index in [0.29, 0.717) is 32.2 Å². The van der Waals surface area contributed by atoms with Crippen molar-refractivity contribution in [2.24, 2.45) is 23.1 Å². The van der Waals surface area contributed by atoms with E-state index in [-0.39, 0.29) is 18.8 Å². The van der Waals surface area contributed by atoms with Crippen molar-refractivity contribution in [3.63, 3.8) is 0 Å². The van der Waals surface area contributed by atoms with Crippen LogP contribution in [0.2, 0.25) is 0 Å². The molecule has 0 fully saturated rings. The van der Waals surface area contributed by atoms with Crippen LogP contribution in [0.1, 0.15) is 52.4 Å². The lowest BCUT2D eigenvalue weighted by molar-refractivity contribution is -0.142. The molecule has 0 rings (SSSR count). The van der Waals surface area contributed by atoms with Crippen molar-refractivity contribution in [2.75, 3.05) is 6.54 Å². The molecule has 10 heteroatoms. The summed E-state index contributed by atoms with van der Waals surface area (Å²) in [6.45, 7) is 4.17. The Labute approximate surface area is 159 Å². The third-order valence-corrected chi connectivity index (χ3v) is 4.43. The van der Waals surface area contributed by atoms with E-state index in [1.165, 1.54) is 0 Å². The quantitative estimate of drug-likeness (QED) is 0.202. The fourth-order valence-corrected chi connectivity index (χ4v) is 2.36. The van der Waals surface area contributed by atoms with Gasteiger partial charge in [-0.2, -0.15) is 0 Å². The van der Waals surface area contributed by atoms with Gasteiger partial charge in [0.05, 0.1) is 6.04 Å². The Morgan fingerprint density at radius 2 is 1.59 bits per heavy atom. The second-order valence-electron chi connectivity index (χ2n) is 6.66. The molecule has 0 radical (unpaired) electrons. The summed E-state index contributed by atoms with van der Waals surface area (Å²) < 4.78 is 0. The highest BCUT2D eigenvalue weighted by Gasteiger charge is 2.29. The summed E-state index contributed by atoms with van der Waals surface area (Å²) in [5.74, 6) is -3.13. The van der Waals surface area contributed by atoms with Crippen LogP contribution in [-0.4, -0.2) is 53.5 Å². The molecule has 0 bridgehead atoms. The Morgan fingerprint density at radius 1 is 1.00 bits per heavy atom. The number of aliphatic carboxylic acids is 1. The van der Waals surface area contributed by atoms with Crippen LogP contribution >= 0.6 is 0 Å². The maximum atomic E-state index is 12.5. The van der Waals surface area contributed by atoms with Gasteiger partial charge in [0, 0.05) is 6.42 Å². The minimum absolute atomic E-state index is 0.0694. The number of carbonyl (C=O) groups is 4. The summed E-state index contributed by atoms with van der Waals surface area (Å²) in [4.78, 5) is 47.0. The third kappa shape index (κ3) is 9.90. The van der Waals surface area contributed by atoms with Crippen molar-refractivity contribution in [1.29, 1.82) is 0 Å². The molecule has 156 valence electrons. The monoisotopic (exact) mass is 387 g/mol. The molecule has 0 aliphatic heterocycles. The number of nitrogens with one attached hydrogen (secondary N) is 2. The Kier molecular flexibility index (Phi) is 12.0. The first-order valence-corrected chi connectivity index (χ1v) is 9.21. The van der Waals surface area contributed by atoms with Gasteiger partial charge in [-0.3, -0.25) is 14.4 Å². The number of carboxylic acids is 1. The van der Waals surface area contributed by atoms with Crippen molar-refractivity contribution in [3.8, 4) is 0 Å². The van der Waals surface area contributed by atoms with Gasteiger partial charge in [-0.15, -0.1) is 0 Å². The highest BCUT2D eigenvalue weighted by Crippen LogP contribution is 2.08. The number of amides is 3. The van der Waals surface area contributed by atoms with Crippen LogP contribution in [-0.2, 0) is 19.2 Å². The average Bonchev–Trinajstić information content (AvgIpc) is 2.62. The summed E-state index contributed by atoms with van der Waals surface area (Å²) in [5.41, 5.74) is 16.4. The zero-order valence-corrected chi connectivity index (χ0v) is 16.1. The molecule has 10 nitrogen and oxygen atoms in total. The highest BCUT2D eigenvalue weighted by atomic mass is 16.4. The predicted octanol–water partition coefficient (Wildman–Crippen LogP) is -1.19. The number of rotatable bonds is 14. The molecule has 9 N–H and O–H groups in total. The molecule has 0 unspecified atom stereocenters. The van der Waals surface area contributed by atoms with Crippen molar-refractivity contribution >= 4 is 23.7 Å². The minimum atomic E-state index is -1.28. The van der Waals surface area contributed by atoms with E-state index in [4.69, 9.17) is 17.2 Å². The normalized spacial score (nSPS) is 15.3. The number of carboxylic acid groups (broad SMARTS) is 1. The van der Waals surface area contributed by atoms with Gasteiger partial charge < -0.3 is 32.9 Å². The van der Waals surface area contributed by atoms with E-state index in [0.717, 1.165) is 0 Å². The van der Waals surface area contributed by atoms with E-state index in [2.05, 4.69) is 10.6 Å². The number of unbranched alkanes of at least 4 members (excludes halogenated alkanes) is 1. The van der Waals surface area contributed by atoms with Gasteiger partial charge >= 0.3 is 5.97 Å². The zero-order chi connectivity index (χ0) is 21.0. The molecule has 0 aromatic rings. The Hall–Kier alpha value is -2.20. The second kappa shape index (κ2) is 13.0. The molecular weight excluding hydrogens is 354 g/mol. The highest BCUT2D eigenvalue weighted by molar-refractivity contribution is 5.92. The lowest BCUT2D eigenvalue weighted by Gasteiger charge is -2.24. The summed E-state index contributed by atoms with van der Waals surface area (Å²) in [5, 5.41) is 14.2. The summed E-state index contributed by atoms with van der Waals surface area (Å²) in [6, 6.07) is -2.98. The molecule has 0 aliphatic rings. The number of nitrogens with two attached hydrogens (primary N) is 3.